The second kappa shape index (κ2) is 9.17. The first-order valence-electron chi connectivity index (χ1n) is 8.58. The Bertz CT molecular complexity index is 924. The van der Waals surface area contributed by atoms with Crippen LogP contribution in [-0.2, 0) is 10.0 Å². The van der Waals surface area contributed by atoms with Crippen LogP contribution in [-0.4, -0.2) is 47.7 Å². The number of nitrogens with zero attached hydrogens (tertiary/aromatic N) is 2. The topological polar surface area (TPSA) is 61.9 Å². The number of benzene rings is 2. The quantitative estimate of drug-likeness (QED) is 0.780. The summed E-state index contributed by atoms with van der Waals surface area (Å²) in [6.45, 7) is 3.74. The molecule has 0 spiro atoms. The number of rotatable bonds is 3. The molecule has 2 aromatic carbocycles. The Morgan fingerprint density at radius 3 is 2.32 bits per heavy atom. The van der Waals surface area contributed by atoms with E-state index in [1.54, 1.807) is 6.07 Å². The Hall–Kier alpha value is -1.74. The molecule has 2 aliphatic heterocycles. The molecular weight excluding hydrogens is 428 g/mol. The minimum absolute atomic E-state index is 0. The highest BCUT2D eigenvalue weighted by Crippen LogP contribution is 2.42. The number of sulfonamides is 1. The van der Waals surface area contributed by atoms with Crippen molar-refractivity contribution in [3.8, 4) is 5.75 Å². The molecule has 28 heavy (non-hydrogen) atoms. The van der Waals surface area contributed by atoms with E-state index < -0.39 is 15.8 Å². The Kier molecular flexibility index (Phi) is 7.39. The van der Waals surface area contributed by atoms with Crippen molar-refractivity contribution >= 4 is 46.2 Å². The van der Waals surface area contributed by atoms with E-state index in [4.69, 9.17) is 4.74 Å². The van der Waals surface area contributed by atoms with Crippen LogP contribution >= 0.6 is 24.8 Å². The maximum atomic E-state index is 14.1. The molecule has 1 fully saturated rings. The van der Waals surface area contributed by atoms with Gasteiger partial charge in [0.1, 0.15) is 17.3 Å². The number of hydrogen-bond acceptors (Lipinski definition) is 5. The molecule has 0 unspecified atom stereocenters. The van der Waals surface area contributed by atoms with E-state index in [1.807, 2.05) is 12.1 Å². The number of fused-ring (bicyclic) bond motifs is 1. The maximum Gasteiger partial charge on any atom is 0.267 e. The van der Waals surface area contributed by atoms with Crippen LogP contribution in [0.5, 0.6) is 5.75 Å². The fourth-order valence-electron chi connectivity index (χ4n) is 3.39. The van der Waals surface area contributed by atoms with Gasteiger partial charge in [0.2, 0.25) is 0 Å². The van der Waals surface area contributed by atoms with E-state index in [1.165, 1.54) is 22.5 Å². The molecule has 10 heteroatoms. The molecule has 154 valence electrons. The third-order valence-electron chi connectivity index (χ3n) is 4.65. The predicted molar refractivity (Wildman–Crippen MR) is 112 cm³/mol. The second-order valence-corrected chi connectivity index (χ2v) is 8.05. The average molecular weight is 450 g/mol. The van der Waals surface area contributed by atoms with Gasteiger partial charge in [-0.3, -0.25) is 4.31 Å². The Morgan fingerprint density at radius 2 is 1.61 bits per heavy atom. The first kappa shape index (κ1) is 22.5. The number of anilines is 2. The normalized spacial score (nSPS) is 16.3. The number of nitrogens with one attached hydrogen (secondary N) is 1. The fourth-order valence-corrected chi connectivity index (χ4v) is 4.91. The van der Waals surface area contributed by atoms with Crippen LogP contribution in [0.15, 0.2) is 47.4 Å². The van der Waals surface area contributed by atoms with Crippen LogP contribution in [0.1, 0.15) is 0 Å². The summed E-state index contributed by atoms with van der Waals surface area (Å²) in [5, 5.41) is 3.29. The summed E-state index contributed by atoms with van der Waals surface area (Å²) in [6, 6.07) is 10.9. The lowest BCUT2D eigenvalue weighted by Gasteiger charge is -2.36. The van der Waals surface area contributed by atoms with Crippen LogP contribution in [0.3, 0.4) is 0 Å². The predicted octanol–water partition coefficient (Wildman–Crippen LogP) is 2.67. The van der Waals surface area contributed by atoms with Crippen LogP contribution in [0.25, 0.3) is 0 Å². The van der Waals surface area contributed by atoms with E-state index in [0.29, 0.717) is 11.4 Å². The van der Waals surface area contributed by atoms with Crippen molar-refractivity contribution in [1.29, 1.82) is 0 Å². The summed E-state index contributed by atoms with van der Waals surface area (Å²) in [7, 11) is -4.01. The lowest BCUT2D eigenvalue weighted by molar-refractivity contribution is 0.315. The van der Waals surface area contributed by atoms with Crippen molar-refractivity contribution in [3.63, 3.8) is 0 Å². The molecule has 1 N–H and O–H groups in total. The monoisotopic (exact) mass is 449 g/mol. The van der Waals surface area contributed by atoms with Gasteiger partial charge in [-0.15, -0.1) is 24.8 Å². The maximum absolute atomic E-state index is 14.1. The highest BCUT2D eigenvalue weighted by molar-refractivity contribution is 7.92. The summed E-state index contributed by atoms with van der Waals surface area (Å²) in [5.74, 6) is -0.209. The second-order valence-electron chi connectivity index (χ2n) is 6.22. The highest BCUT2D eigenvalue weighted by Gasteiger charge is 2.33. The van der Waals surface area contributed by atoms with Gasteiger partial charge in [-0.2, -0.15) is 0 Å². The molecule has 0 bridgehead atoms. The van der Waals surface area contributed by atoms with Crippen LogP contribution in [0, 0.1) is 5.82 Å². The van der Waals surface area contributed by atoms with Crippen molar-refractivity contribution in [2.45, 2.75) is 4.90 Å². The van der Waals surface area contributed by atoms with Gasteiger partial charge in [0.25, 0.3) is 10.0 Å². The first-order valence-corrected chi connectivity index (χ1v) is 10.0. The summed E-state index contributed by atoms with van der Waals surface area (Å²) < 4.78 is 47.3. The van der Waals surface area contributed by atoms with Crippen LogP contribution in [0.4, 0.5) is 15.8 Å². The van der Waals surface area contributed by atoms with Crippen molar-refractivity contribution in [2.24, 2.45) is 0 Å². The van der Waals surface area contributed by atoms with Gasteiger partial charge < -0.3 is 15.0 Å². The number of para-hydroxylation sites is 1. The van der Waals surface area contributed by atoms with Gasteiger partial charge in [0.05, 0.1) is 17.9 Å². The number of halogens is 3. The fraction of sp³-hybridized carbons (Fsp3) is 0.333. The van der Waals surface area contributed by atoms with Crippen molar-refractivity contribution in [1.82, 2.24) is 5.32 Å². The van der Waals surface area contributed by atoms with Crippen molar-refractivity contribution in [2.75, 3.05) is 48.5 Å². The Labute approximate surface area is 176 Å². The molecule has 0 atom stereocenters. The third kappa shape index (κ3) is 4.00. The van der Waals surface area contributed by atoms with E-state index in [2.05, 4.69) is 10.2 Å². The van der Waals surface area contributed by atoms with Gasteiger partial charge in [-0.1, -0.05) is 18.2 Å². The number of piperazine rings is 1. The Morgan fingerprint density at radius 1 is 0.929 bits per heavy atom. The van der Waals surface area contributed by atoms with E-state index in [0.717, 1.165) is 37.9 Å². The molecule has 6 nitrogen and oxygen atoms in total. The van der Waals surface area contributed by atoms with Gasteiger partial charge in [0.15, 0.2) is 5.75 Å². The van der Waals surface area contributed by atoms with E-state index >= 15 is 0 Å². The third-order valence-corrected chi connectivity index (χ3v) is 6.49. The standard InChI is InChI=1S/C18H20FN3O3S.2ClH/c19-14-4-1-2-7-17(14)26(23,24)22-12-13-25-18-15(5-3-6-16(18)22)21-10-8-20-9-11-21;;/h1-7,20H,8-13H2;2*1H. The van der Waals surface area contributed by atoms with Gasteiger partial charge in [-0.25, -0.2) is 12.8 Å². The van der Waals surface area contributed by atoms with E-state index in [-0.39, 0.29) is 42.9 Å². The van der Waals surface area contributed by atoms with Gasteiger partial charge in [0, 0.05) is 26.2 Å². The zero-order valence-corrected chi connectivity index (χ0v) is 17.5. The first-order chi connectivity index (χ1) is 12.6. The van der Waals surface area contributed by atoms with Crippen molar-refractivity contribution in [3.05, 3.63) is 48.3 Å². The molecule has 1 saturated heterocycles. The zero-order chi connectivity index (χ0) is 18.1. The lowest BCUT2D eigenvalue weighted by atomic mass is 10.2. The lowest BCUT2D eigenvalue weighted by Crippen LogP contribution is -2.44. The van der Waals surface area contributed by atoms with Gasteiger partial charge >= 0.3 is 0 Å². The molecule has 2 aliphatic rings. The number of ether oxygens (including phenoxy) is 1. The summed E-state index contributed by atoms with van der Waals surface area (Å²) >= 11 is 0. The minimum Gasteiger partial charge on any atom is -0.487 e. The average Bonchev–Trinajstić information content (AvgIpc) is 2.68. The molecule has 0 aromatic heterocycles. The highest BCUT2D eigenvalue weighted by atomic mass is 35.5. The Balaban J connectivity index is 0.00000140. The molecule has 2 heterocycles. The summed E-state index contributed by atoms with van der Waals surface area (Å²) in [6.07, 6.45) is 0. The van der Waals surface area contributed by atoms with Crippen molar-refractivity contribution < 1.29 is 17.5 Å². The molecule has 0 aliphatic carbocycles. The smallest absolute Gasteiger partial charge is 0.267 e. The molecular formula is C18H22Cl2FN3O3S. The number of hydrogen-bond donors (Lipinski definition) is 1. The molecule has 0 amide bonds. The summed E-state index contributed by atoms with van der Waals surface area (Å²) in [4.78, 5) is 1.86. The molecule has 0 saturated carbocycles. The van der Waals surface area contributed by atoms with Crippen LogP contribution < -0.4 is 19.3 Å². The van der Waals surface area contributed by atoms with Gasteiger partial charge in [-0.05, 0) is 24.3 Å². The summed E-state index contributed by atoms with van der Waals surface area (Å²) in [5.41, 5.74) is 1.33. The SMILES string of the molecule is Cl.Cl.O=S(=O)(c1ccccc1F)N1CCOc2c(N3CCNCC3)cccc21. The van der Waals surface area contributed by atoms with Crippen LogP contribution in [0.2, 0.25) is 0 Å². The zero-order valence-electron chi connectivity index (χ0n) is 15.0. The largest absolute Gasteiger partial charge is 0.487 e. The van der Waals surface area contributed by atoms with E-state index in [9.17, 15) is 12.8 Å². The molecule has 2 aromatic rings. The molecule has 0 radical (unpaired) electrons. The molecule has 4 rings (SSSR count). The minimum atomic E-state index is -4.01.